The zero-order valence-electron chi connectivity index (χ0n) is 14.9. The molecule has 0 amide bonds. The maximum atomic E-state index is 12.7. The highest BCUT2D eigenvalue weighted by molar-refractivity contribution is 7.89. The number of methoxy groups -OCH3 is 1. The van der Waals surface area contributed by atoms with Gasteiger partial charge in [-0.15, -0.1) is 0 Å². The summed E-state index contributed by atoms with van der Waals surface area (Å²) in [4.78, 5) is 4.28. The van der Waals surface area contributed by atoms with Crippen molar-refractivity contribution < 1.29 is 13.2 Å². The molecule has 0 radical (unpaired) electrons. The number of hydrogen-bond donors (Lipinski definition) is 1. The molecule has 1 aromatic heterocycles. The van der Waals surface area contributed by atoms with Gasteiger partial charge in [-0.3, -0.25) is 0 Å². The first-order chi connectivity index (χ1) is 12.4. The number of aryl methyl sites for hydroxylation is 2. The Morgan fingerprint density at radius 3 is 2.46 bits per heavy atom. The number of sulfonamides is 1. The minimum Gasteiger partial charge on any atom is -0.496 e. The average molecular weight is 371 g/mol. The van der Waals surface area contributed by atoms with Crippen LogP contribution in [0.15, 0.2) is 60.0 Å². The fourth-order valence-corrected chi connectivity index (χ4v) is 4.05. The number of aromatic nitrogens is 2. The summed E-state index contributed by atoms with van der Waals surface area (Å²) in [5, 5.41) is 0. The highest BCUT2D eigenvalue weighted by Gasteiger charge is 2.18. The lowest BCUT2D eigenvalue weighted by Gasteiger charge is -2.13. The van der Waals surface area contributed by atoms with Gasteiger partial charge in [0, 0.05) is 24.6 Å². The lowest BCUT2D eigenvalue weighted by atomic mass is 10.1. The third-order valence-electron chi connectivity index (χ3n) is 4.19. The van der Waals surface area contributed by atoms with Crippen LogP contribution in [0.25, 0.3) is 5.69 Å². The summed E-state index contributed by atoms with van der Waals surface area (Å²) in [6.45, 7) is 3.81. The van der Waals surface area contributed by atoms with E-state index >= 15 is 0 Å². The van der Waals surface area contributed by atoms with Crippen molar-refractivity contribution in [2.24, 2.45) is 0 Å². The smallest absolute Gasteiger partial charge is 0.241 e. The van der Waals surface area contributed by atoms with Crippen LogP contribution in [-0.2, 0) is 16.6 Å². The summed E-state index contributed by atoms with van der Waals surface area (Å²) in [5.74, 6) is 0.677. The minimum absolute atomic E-state index is 0.219. The number of benzene rings is 2. The molecule has 0 aliphatic rings. The van der Waals surface area contributed by atoms with Crippen molar-refractivity contribution in [3.05, 3.63) is 71.8 Å². The van der Waals surface area contributed by atoms with Crippen LogP contribution in [0.1, 0.15) is 16.7 Å². The maximum absolute atomic E-state index is 12.7. The second kappa shape index (κ2) is 7.31. The monoisotopic (exact) mass is 371 g/mol. The summed E-state index contributed by atoms with van der Waals surface area (Å²) in [5.41, 5.74) is 3.27. The van der Waals surface area contributed by atoms with Gasteiger partial charge >= 0.3 is 0 Å². The molecule has 0 spiro atoms. The molecule has 0 fully saturated rings. The minimum atomic E-state index is -3.61. The summed E-state index contributed by atoms with van der Waals surface area (Å²) < 4.78 is 35.1. The molecule has 6 nitrogen and oxygen atoms in total. The van der Waals surface area contributed by atoms with Gasteiger partial charge in [-0.05, 0) is 54.8 Å². The van der Waals surface area contributed by atoms with Crippen molar-refractivity contribution >= 4 is 10.0 Å². The molecule has 0 bridgehead atoms. The molecule has 1 heterocycles. The van der Waals surface area contributed by atoms with E-state index < -0.39 is 10.0 Å². The third-order valence-corrected chi connectivity index (χ3v) is 5.73. The van der Waals surface area contributed by atoms with Crippen LogP contribution in [0, 0.1) is 13.8 Å². The number of hydrogen-bond acceptors (Lipinski definition) is 4. The van der Waals surface area contributed by atoms with Crippen LogP contribution in [0.3, 0.4) is 0 Å². The van der Waals surface area contributed by atoms with Crippen molar-refractivity contribution in [2.45, 2.75) is 25.3 Å². The molecule has 136 valence electrons. The van der Waals surface area contributed by atoms with Crippen LogP contribution < -0.4 is 9.46 Å². The molecule has 0 aliphatic carbocycles. The van der Waals surface area contributed by atoms with E-state index in [9.17, 15) is 8.42 Å². The van der Waals surface area contributed by atoms with Crippen molar-refractivity contribution in [2.75, 3.05) is 7.11 Å². The predicted molar refractivity (Wildman–Crippen MR) is 100 cm³/mol. The van der Waals surface area contributed by atoms with E-state index in [4.69, 9.17) is 4.74 Å². The fourth-order valence-electron chi connectivity index (χ4n) is 2.73. The molecule has 1 N–H and O–H groups in total. The summed E-state index contributed by atoms with van der Waals surface area (Å²) in [6, 6.07) is 11.0. The first-order valence-corrected chi connectivity index (χ1v) is 9.61. The highest BCUT2D eigenvalue weighted by Crippen LogP contribution is 2.25. The molecule has 2 aromatic carbocycles. The molecule has 7 heteroatoms. The molecule has 0 saturated heterocycles. The molecular formula is C19H21N3O3S. The summed E-state index contributed by atoms with van der Waals surface area (Å²) in [7, 11) is -2.04. The van der Waals surface area contributed by atoms with E-state index in [-0.39, 0.29) is 11.4 Å². The SMILES string of the molecule is COc1cc(C)c(S(=O)(=O)NCc2ccc(-n3ccnc3)cc2)cc1C. The fraction of sp³-hybridized carbons (Fsp3) is 0.211. The Hall–Kier alpha value is -2.64. The Bertz CT molecular complexity index is 995. The standard InChI is InChI=1S/C19H21N3O3S/c1-14-11-19(15(2)10-18(14)25-3)26(23,24)21-12-16-4-6-17(7-5-16)22-9-8-20-13-22/h4-11,13,21H,12H2,1-3H3. The first kappa shape index (κ1) is 18.2. The Morgan fingerprint density at radius 2 is 1.85 bits per heavy atom. The van der Waals surface area contributed by atoms with Crippen molar-refractivity contribution in [3.63, 3.8) is 0 Å². The van der Waals surface area contributed by atoms with E-state index in [0.29, 0.717) is 11.3 Å². The van der Waals surface area contributed by atoms with Crippen LogP contribution in [0.2, 0.25) is 0 Å². The normalized spacial score (nSPS) is 11.5. The highest BCUT2D eigenvalue weighted by atomic mass is 32.2. The van der Waals surface area contributed by atoms with Gasteiger partial charge in [0.15, 0.2) is 0 Å². The molecule has 26 heavy (non-hydrogen) atoms. The number of rotatable bonds is 6. The van der Waals surface area contributed by atoms with Crippen molar-refractivity contribution in [1.82, 2.24) is 14.3 Å². The zero-order chi connectivity index (χ0) is 18.7. The lowest BCUT2D eigenvalue weighted by molar-refractivity contribution is 0.411. The number of imidazole rings is 1. The van der Waals surface area contributed by atoms with Crippen LogP contribution >= 0.6 is 0 Å². The molecule has 3 rings (SSSR count). The molecule has 3 aromatic rings. The van der Waals surface area contributed by atoms with E-state index in [1.807, 2.05) is 42.0 Å². The number of nitrogens with one attached hydrogen (secondary N) is 1. The number of ether oxygens (including phenoxy) is 1. The van der Waals surface area contributed by atoms with Gasteiger partial charge in [0.25, 0.3) is 0 Å². The second-order valence-corrected chi connectivity index (χ2v) is 7.78. The Morgan fingerprint density at radius 1 is 1.12 bits per heavy atom. The van der Waals surface area contributed by atoms with Crippen LogP contribution in [0.5, 0.6) is 5.75 Å². The molecule has 0 saturated carbocycles. The van der Waals surface area contributed by atoms with E-state index in [2.05, 4.69) is 9.71 Å². The van der Waals surface area contributed by atoms with Crippen LogP contribution in [-0.4, -0.2) is 25.1 Å². The summed E-state index contributed by atoms with van der Waals surface area (Å²) >= 11 is 0. The van der Waals surface area contributed by atoms with Gasteiger partial charge < -0.3 is 9.30 Å². The van der Waals surface area contributed by atoms with E-state index in [0.717, 1.165) is 16.8 Å². The molecule has 0 aliphatic heterocycles. The van der Waals surface area contributed by atoms with Gasteiger partial charge in [0.2, 0.25) is 10.0 Å². The Labute approximate surface area is 153 Å². The summed E-state index contributed by atoms with van der Waals surface area (Å²) in [6.07, 6.45) is 5.28. The molecular weight excluding hydrogens is 350 g/mol. The topological polar surface area (TPSA) is 73.2 Å². The third kappa shape index (κ3) is 3.79. The maximum Gasteiger partial charge on any atom is 0.241 e. The second-order valence-electron chi connectivity index (χ2n) is 6.05. The van der Waals surface area contributed by atoms with Gasteiger partial charge in [-0.1, -0.05) is 12.1 Å². The average Bonchev–Trinajstić information content (AvgIpc) is 3.16. The Balaban J connectivity index is 1.75. The van der Waals surface area contributed by atoms with Gasteiger partial charge in [-0.25, -0.2) is 18.1 Å². The van der Waals surface area contributed by atoms with E-state index in [1.54, 1.807) is 38.7 Å². The van der Waals surface area contributed by atoms with Crippen molar-refractivity contribution in [3.8, 4) is 11.4 Å². The van der Waals surface area contributed by atoms with Gasteiger partial charge in [0.05, 0.1) is 18.3 Å². The quantitative estimate of drug-likeness (QED) is 0.723. The lowest BCUT2D eigenvalue weighted by Crippen LogP contribution is -2.24. The molecule has 0 unspecified atom stereocenters. The van der Waals surface area contributed by atoms with Crippen molar-refractivity contribution in [1.29, 1.82) is 0 Å². The zero-order valence-corrected chi connectivity index (χ0v) is 15.7. The molecule has 0 atom stereocenters. The predicted octanol–water partition coefficient (Wildman–Crippen LogP) is 2.98. The first-order valence-electron chi connectivity index (χ1n) is 8.13. The number of nitrogens with zero attached hydrogens (tertiary/aromatic N) is 2. The Kier molecular flexibility index (Phi) is 5.11. The van der Waals surface area contributed by atoms with Gasteiger partial charge in [0.1, 0.15) is 5.75 Å². The van der Waals surface area contributed by atoms with E-state index in [1.165, 1.54) is 0 Å². The van der Waals surface area contributed by atoms with Gasteiger partial charge in [-0.2, -0.15) is 0 Å². The largest absolute Gasteiger partial charge is 0.496 e. The van der Waals surface area contributed by atoms with Crippen LogP contribution in [0.4, 0.5) is 0 Å².